The molecule has 4 rings (SSSR count). The minimum atomic E-state index is -0.587. The maximum absolute atomic E-state index is 12.7. The zero-order valence-electron chi connectivity index (χ0n) is 14.6. The summed E-state index contributed by atoms with van der Waals surface area (Å²) in [6, 6.07) is 10.1. The maximum atomic E-state index is 12.7. The van der Waals surface area contributed by atoms with Crippen LogP contribution in [0.3, 0.4) is 0 Å². The Bertz CT molecular complexity index is 954. The molecule has 0 bridgehead atoms. The average molecular weight is 336 g/mol. The van der Waals surface area contributed by atoms with Gasteiger partial charge in [0.2, 0.25) is 0 Å². The quantitative estimate of drug-likeness (QED) is 0.785. The number of allylic oxidation sites excluding steroid dienone is 1. The van der Waals surface area contributed by atoms with Crippen molar-refractivity contribution in [1.82, 2.24) is 0 Å². The summed E-state index contributed by atoms with van der Waals surface area (Å²) in [5.41, 5.74) is 3.00. The van der Waals surface area contributed by atoms with E-state index in [2.05, 4.69) is 6.07 Å². The number of rotatable bonds is 2. The molecule has 0 heterocycles. The van der Waals surface area contributed by atoms with Crippen LogP contribution in [0.2, 0.25) is 0 Å². The zero-order valence-corrected chi connectivity index (χ0v) is 14.6. The van der Waals surface area contributed by atoms with Crippen LogP contribution in [-0.4, -0.2) is 26.0 Å². The van der Waals surface area contributed by atoms with Crippen molar-refractivity contribution >= 4 is 28.1 Å². The van der Waals surface area contributed by atoms with E-state index in [1.165, 1.54) is 12.7 Å². The lowest BCUT2D eigenvalue weighted by Gasteiger charge is -2.33. The first-order chi connectivity index (χ1) is 12.0. The molecule has 2 aliphatic rings. The third kappa shape index (κ3) is 2.13. The van der Waals surface area contributed by atoms with Gasteiger partial charge in [-0.1, -0.05) is 18.2 Å². The molecule has 0 N–H and O–H groups in total. The lowest BCUT2D eigenvalue weighted by Crippen LogP contribution is -2.29. The largest absolute Gasteiger partial charge is 0.497 e. The monoisotopic (exact) mass is 336 g/mol. The van der Waals surface area contributed by atoms with Crippen LogP contribution in [-0.2, 0) is 20.7 Å². The molecule has 25 heavy (non-hydrogen) atoms. The lowest BCUT2D eigenvalue weighted by atomic mass is 9.68. The number of esters is 1. The van der Waals surface area contributed by atoms with E-state index in [1.54, 1.807) is 7.11 Å². The second-order valence-corrected chi connectivity index (χ2v) is 6.96. The van der Waals surface area contributed by atoms with Gasteiger partial charge in [0, 0.05) is 12.0 Å². The van der Waals surface area contributed by atoms with Crippen molar-refractivity contribution < 1.29 is 19.1 Å². The first-order valence-electron chi connectivity index (χ1n) is 8.45. The van der Waals surface area contributed by atoms with Gasteiger partial charge in [-0.15, -0.1) is 0 Å². The van der Waals surface area contributed by atoms with Crippen LogP contribution in [0.4, 0.5) is 0 Å². The Hall–Kier alpha value is -2.62. The van der Waals surface area contributed by atoms with E-state index in [0.29, 0.717) is 5.57 Å². The van der Waals surface area contributed by atoms with Crippen LogP contribution in [0, 0.1) is 5.41 Å². The van der Waals surface area contributed by atoms with Crippen LogP contribution in [0.5, 0.6) is 5.75 Å². The molecule has 2 aromatic rings. The molecule has 2 aromatic carbocycles. The smallest absolute Gasteiger partial charge is 0.334 e. The Morgan fingerprint density at radius 1 is 1.16 bits per heavy atom. The molecule has 1 atom stereocenters. The van der Waals surface area contributed by atoms with E-state index in [0.717, 1.165) is 40.5 Å². The van der Waals surface area contributed by atoms with E-state index in [1.807, 2.05) is 31.2 Å². The van der Waals surface area contributed by atoms with Gasteiger partial charge < -0.3 is 9.47 Å². The summed E-state index contributed by atoms with van der Waals surface area (Å²) in [6.07, 6.45) is 1.71. The number of benzene rings is 2. The fraction of sp³-hybridized carbons (Fsp3) is 0.333. The molecule has 0 fully saturated rings. The predicted octanol–water partition coefficient (Wildman–Crippen LogP) is 3.70. The summed E-state index contributed by atoms with van der Waals surface area (Å²) in [4.78, 5) is 24.9. The van der Waals surface area contributed by atoms with Gasteiger partial charge >= 0.3 is 5.97 Å². The summed E-state index contributed by atoms with van der Waals surface area (Å²) < 4.78 is 10.3. The van der Waals surface area contributed by atoms with Gasteiger partial charge in [0.05, 0.1) is 19.6 Å². The van der Waals surface area contributed by atoms with Crippen molar-refractivity contribution in [3.63, 3.8) is 0 Å². The first kappa shape index (κ1) is 15.9. The summed E-state index contributed by atoms with van der Waals surface area (Å²) in [5, 5.41) is 2.25. The standard InChI is InChI=1S/C21H20O4/c1-21-9-8-15-14-7-5-13(24-2)10-12(14)4-6-16(15)19(21)17(11-18(21)22)20(23)25-3/h4-7,10H,8-9,11H2,1-3H3/t21-/m1/s1. The van der Waals surface area contributed by atoms with E-state index in [-0.39, 0.29) is 12.2 Å². The van der Waals surface area contributed by atoms with E-state index >= 15 is 0 Å². The highest BCUT2D eigenvalue weighted by Gasteiger charge is 2.49. The molecular weight excluding hydrogens is 316 g/mol. The maximum Gasteiger partial charge on any atom is 0.334 e. The topological polar surface area (TPSA) is 52.6 Å². The molecular formula is C21H20O4. The normalized spacial score (nSPS) is 22.0. The Kier molecular flexibility index (Phi) is 3.46. The highest BCUT2D eigenvalue weighted by Crippen LogP contribution is 2.53. The van der Waals surface area contributed by atoms with Gasteiger partial charge in [-0.05, 0) is 59.4 Å². The van der Waals surface area contributed by atoms with Gasteiger partial charge in [0.25, 0.3) is 0 Å². The predicted molar refractivity (Wildman–Crippen MR) is 95.5 cm³/mol. The number of hydrogen-bond donors (Lipinski definition) is 0. The molecule has 0 spiro atoms. The van der Waals surface area contributed by atoms with Crippen molar-refractivity contribution in [3.8, 4) is 5.75 Å². The number of carbonyl (C=O) groups is 2. The van der Waals surface area contributed by atoms with Crippen LogP contribution in [0.15, 0.2) is 35.9 Å². The number of hydrogen-bond acceptors (Lipinski definition) is 4. The Morgan fingerprint density at radius 2 is 1.96 bits per heavy atom. The summed E-state index contributed by atoms with van der Waals surface area (Å²) in [7, 11) is 3.02. The van der Waals surface area contributed by atoms with Gasteiger partial charge in [-0.25, -0.2) is 4.79 Å². The van der Waals surface area contributed by atoms with Crippen molar-refractivity contribution in [2.45, 2.75) is 26.2 Å². The minimum absolute atomic E-state index is 0.114. The Balaban J connectivity index is 1.99. The SMILES string of the molecule is COC(=O)C1=C2c3ccc4cc(OC)ccc4c3CC[C@]2(C)C(=O)C1. The van der Waals surface area contributed by atoms with E-state index < -0.39 is 11.4 Å². The van der Waals surface area contributed by atoms with Crippen LogP contribution in [0.25, 0.3) is 16.3 Å². The number of ketones is 1. The number of carbonyl (C=O) groups excluding carboxylic acids is 2. The fourth-order valence-electron chi connectivity index (χ4n) is 4.32. The molecule has 4 heteroatoms. The fourth-order valence-corrected chi connectivity index (χ4v) is 4.32. The summed E-state index contributed by atoms with van der Waals surface area (Å²) in [6.45, 7) is 1.96. The molecule has 0 saturated carbocycles. The van der Waals surface area contributed by atoms with Crippen LogP contribution < -0.4 is 4.74 Å². The van der Waals surface area contributed by atoms with Crippen molar-refractivity contribution in [2.24, 2.45) is 5.41 Å². The second-order valence-electron chi connectivity index (χ2n) is 6.96. The lowest BCUT2D eigenvalue weighted by molar-refractivity contribution is -0.136. The molecule has 0 saturated heterocycles. The van der Waals surface area contributed by atoms with Crippen LogP contribution >= 0.6 is 0 Å². The minimum Gasteiger partial charge on any atom is -0.497 e. The van der Waals surface area contributed by atoms with Crippen molar-refractivity contribution in [1.29, 1.82) is 0 Å². The second kappa shape index (κ2) is 5.45. The van der Waals surface area contributed by atoms with Gasteiger partial charge in [0.1, 0.15) is 11.5 Å². The van der Waals surface area contributed by atoms with Crippen LogP contribution in [0.1, 0.15) is 30.9 Å². The Morgan fingerprint density at radius 3 is 2.68 bits per heavy atom. The zero-order chi connectivity index (χ0) is 17.8. The molecule has 4 nitrogen and oxygen atoms in total. The summed E-state index contributed by atoms with van der Waals surface area (Å²) in [5.74, 6) is 0.539. The molecule has 0 amide bonds. The third-order valence-corrected chi connectivity index (χ3v) is 5.72. The third-order valence-electron chi connectivity index (χ3n) is 5.72. The van der Waals surface area contributed by atoms with Gasteiger partial charge in [-0.3, -0.25) is 4.79 Å². The molecule has 0 radical (unpaired) electrons. The van der Waals surface area contributed by atoms with Gasteiger partial charge in [-0.2, -0.15) is 0 Å². The van der Waals surface area contributed by atoms with Gasteiger partial charge in [0.15, 0.2) is 0 Å². The van der Waals surface area contributed by atoms with E-state index in [4.69, 9.17) is 9.47 Å². The molecule has 2 aliphatic carbocycles. The number of ether oxygens (including phenoxy) is 2. The molecule has 128 valence electrons. The Labute approximate surface area is 146 Å². The first-order valence-corrected chi connectivity index (χ1v) is 8.45. The van der Waals surface area contributed by atoms with Crippen molar-refractivity contribution in [3.05, 3.63) is 47.0 Å². The summed E-state index contributed by atoms with van der Waals surface area (Å²) >= 11 is 0. The number of Topliss-reactive ketones (excluding diaryl/α,β-unsaturated/α-hetero) is 1. The molecule has 0 unspecified atom stereocenters. The molecule has 0 aliphatic heterocycles. The molecule has 0 aromatic heterocycles. The number of aryl methyl sites for hydroxylation is 1. The highest BCUT2D eigenvalue weighted by molar-refractivity contribution is 6.16. The van der Waals surface area contributed by atoms with E-state index in [9.17, 15) is 9.59 Å². The number of fused-ring (bicyclic) bond motifs is 5. The van der Waals surface area contributed by atoms with Crippen molar-refractivity contribution in [2.75, 3.05) is 14.2 Å². The highest BCUT2D eigenvalue weighted by atomic mass is 16.5. The average Bonchev–Trinajstić information content (AvgIpc) is 2.91. The number of methoxy groups -OCH3 is 2.